The van der Waals surface area contributed by atoms with Crippen LogP contribution in [0.1, 0.15) is 25.5 Å². The van der Waals surface area contributed by atoms with Crippen molar-refractivity contribution in [2.45, 2.75) is 19.8 Å². The summed E-state index contributed by atoms with van der Waals surface area (Å²) in [5.74, 6) is 0. The van der Waals surface area contributed by atoms with Crippen LogP contribution in [0.4, 0.5) is 4.79 Å². The van der Waals surface area contributed by atoms with Gasteiger partial charge < -0.3 is 10.2 Å². The Morgan fingerprint density at radius 2 is 2.33 bits per heavy atom. The standard InChI is InChI=1S/C16H19ClN6O/c1-2-7-19-16(24)22-9-5-12(6-10-22)13-11-23(21-20-13)14-4-3-8-18-15(14)17/h3-5,8,11H,2,6-7,9-10H2,1H3,(H,19,24). The maximum Gasteiger partial charge on any atom is 0.317 e. The molecule has 0 saturated carbocycles. The molecular weight excluding hydrogens is 328 g/mol. The Hall–Kier alpha value is -2.41. The van der Waals surface area contributed by atoms with Crippen molar-refractivity contribution in [1.29, 1.82) is 0 Å². The Kier molecular flexibility index (Phi) is 5.10. The van der Waals surface area contributed by atoms with Gasteiger partial charge in [0.05, 0.1) is 6.20 Å². The van der Waals surface area contributed by atoms with Gasteiger partial charge in [0.25, 0.3) is 0 Å². The van der Waals surface area contributed by atoms with Crippen LogP contribution in [-0.2, 0) is 0 Å². The molecule has 1 N–H and O–H groups in total. The third-order valence-corrected chi connectivity index (χ3v) is 4.12. The van der Waals surface area contributed by atoms with Crippen LogP contribution < -0.4 is 5.32 Å². The molecule has 0 spiro atoms. The first-order valence-electron chi connectivity index (χ1n) is 7.94. The van der Waals surface area contributed by atoms with E-state index in [2.05, 4.69) is 20.6 Å². The molecule has 0 aliphatic carbocycles. The summed E-state index contributed by atoms with van der Waals surface area (Å²) in [6.45, 7) is 3.98. The molecule has 7 nitrogen and oxygen atoms in total. The fraction of sp³-hybridized carbons (Fsp3) is 0.375. The molecule has 3 rings (SSSR count). The van der Waals surface area contributed by atoms with Crippen LogP contribution >= 0.6 is 11.6 Å². The van der Waals surface area contributed by atoms with Crippen LogP contribution in [0.2, 0.25) is 5.15 Å². The summed E-state index contributed by atoms with van der Waals surface area (Å²) < 4.78 is 1.62. The molecule has 8 heteroatoms. The van der Waals surface area contributed by atoms with Gasteiger partial charge in [0.15, 0.2) is 5.15 Å². The van der Waals surface area contributed by atoms with Crippen molar-refractivity contribution in [2.24, 2.45) is 0 Å². The van der Waals surface area contributed by atoms with E-state index in [1.165, 1.54) is 0 Å². The minimum Gasteiger partial charge on any atom is -0.338 e. The summed E-state index contributed by atoms with van der Waals surface area (Å²) in [6, 6.07) is 3.62. The van der Waals surface area contributed by atoms with E-state index >= 15 is 0 Å². The van der Waals surface area contributed by atoms with Crippen LogP contribution in [0, 0.1) is 0 Å². The van der Waals surface area contributed by atoms with E-state index in [1.54, 1.807) is 21.8 Å². The number of nitrogens with one attached hydrogen (secondary N) is 1. The largest absolute Gasteiger partial charge is 0.338 e. The molecule has 0 atom stereocenters. The lowest BCUT2D eigenvalue weighted by atomic mass is 10.1. The minimum absolute atomic E-state index is 0.0158. The third kappa shape index (κ3) is 3.56. The number of aromatic nitrogens is 4. The Morgan fingerprint density at radius 3 is 3.04 bits per heavy atom. The lowest BCUT2D eigenvalue weighted by molar-refractivity contribution is 0.203. The summed E-state index contributed by atoms with van der Waals surface area (Å²) >= 11 is 6.08. The quantitative estimate of drug-likeness (QED) is 0.863. The Balaban J connectivity index is 1.70. The highest BCUT2D eigenvalue weighted by molar-refractivity contribution is 6.31. The highest BCUT2D eigenvalue weighted by Crippen LogP contribution is 2.22. The molecule has 0 bridgehead atoms. The number of urea groups is 1. The third-order valence-electron chi connectivity index (χ3n) is 3.83. The van der Waals surface area contributed by atoms with Crippen molar-refractivity contribution in [3.05, 3.63) is 41.4 Å². The monoisotopic (exact) mass is 346 g/mol. The second-order valence-electron chi connectivity index (χ2n) is 5.52. The zero-order valence-electron chi connectivity index (χ0n) is 13.4. The molecule has 3 heterocycles. The van der Waals surface area contributed by atoms with Gasteiger partial charge in [-0.15, -0.1) is 5.10 Å². The van der Waals surface area contributed by atoms with Crippen molar-refractivity contribution >= 4 is 23.2 Å². The number of carbonyl (C=O) groups is 1. The summed E-state index contributed by atoms with van der Waals surface area (Å²) in [6.07, 6.45) is 7.17. The maximum absolute atomic E-state index is 12.0. The first kappa shape index (κ1) is 16.4. The molecule has 2 aromatic heterocycles. The second-order valence-corrected chi connectivity index (χ2v) is 5.88. The van der Waals surface area contributed by atoms with Crippen LogP contribution in [0.25, 0.3) is 11.3 Å². The predicted molar refractivity (Wildman–Crippen MR) is 92.0 cm³/mol. The van der Waals surface area contributed by atoms with E-state index in [0.29, 0.717) is 30.5 Å². The highest BCUT2D eigenvalue weighted by Gasteiger charge is 2.19. The number of nitrogens with zero attached hydrogens (tertiary/aromatic N) is 5. The van der Waals surface area contributed by atoms with Crippen molar-refractivity contribution in [3.8, 4) is 5.69 Å². The Labute approximate surface area is 145 Å². The zero-order valence-corrected chi connectivity index (χ0v) is 14.2. The van der Waals surface area contributed by atoms with Crippen LogP contribution in [-0.4, -0.2) is 50.5 Å². The fourth-order valence-electron chi connectivity index (χ4n) is 2.51. The van der Waals surface area contributed by atoms with E-state index in [-0.39, 0.29) is 6.03 Å². The molecule has 0 fully saturated rings. The fourth-order valence-corrected chi connectivity index (χ4v) is 2.71. The smallest absolute Gasteiger partial charge is 0.317 e. The molecule has 2 aromatic rings. The number of rotatable bonds is 4. The predicted octanol–water partition coefficient (Wildman–Crippen LogP) is 2.52. The average Bonchev–Trinajstić information content (AvgIpc) is 3.10. The molecule has 0 radical (unpaired) electrons. The number of amides is 2. The number of hydrogen-bond donors (Lipinski definition) is 1. The van der Waals surface area contributed by atoms with Gasteiger partial charge in [-0.05, 0) is 30.5 Å². The van der Waals surface area contributed by atoms with Crippen molar-refractivity contribution in [2.75, 3.05) is 19.6 Å². The Bertz CT molecular complexity index is 757. The zero-order chi connectivity index (χ0) is 16.9. The normalized spacial score (nSPS) is 14.4. The lowest BCUT2D eigenvalue weighted by Crippen LogP contribution is -2.42. The molecule has 1 aliphatic rings. The van der Waals surface area contributed by atoms with Crippen molar-refractivity contribution in [3.63, 3.8) is 0 Å². The van der Waals surface area contributed by atoms with Crippen LogP contribution in [0.15, 0.2) is 30.6 Å². The van der Waals surface area contributed by atoms with E-state index in [1.807, 2.05) is 25.3 Å². The molecule has 24 heavy (non-hydrogen) atoms. The van der Waals surface area contributed by atoms with Crippen molar-refractivity contribution in [1.82, 2.24) is 30.2 Å². The van der Waals surface area contributed by atoms with E-state index in [0.717, 1.165) is 24.1 Å². The number of hydrogen-bond acceptors (Lipinski definition) is 4. The molecule has 1 aliphatic heterocycles. The number of halogens is 1. The lowest BCUT2D eigenvalue weighted by Gasteiger charge is -2.26. The summed E-state index contributed by atoms with van der Waals surface area (Å²) in [7, 11) is 0. The molecule has 0 aromatic carbocycles. The van der Waals surface area contributed by atoms with Gasteiger partial charge in [0.2, 0.25) is 0 Å². The van der Waals surface area contributed by atoms with E-state index < -0.39 is 0 Å². The first-order chi connectivity index (χ1) is 11.7. The average molecular weight is 347 g/mol. The topological polar surface area (TPSA) is 75.9 Å². The van der Waals surface area contributed by atoms with Gasteiger partial charge >= 0.3 is 6.03 Å². The van der Waals surface area contributed by atoms with Crippen LogP contribution in [0.5, 0.6) is 0 Å². The summed E-state index contributed by atoms with van der Waals surface area (Å²) in [4.78, 5) is 17.8. The van der Waals surface area contributed by atoms with Gasteiger partial charge in [0, 0.05) is 25.8 Å². The summed E-state index contributed by atoms with van der Waals surface area (Å²) in [5.41, 5.74) is 2.57. The molecule has 2 amide bonds. The van der Waals surface area contributed by atoms with Crippen LogP contribution in [0.3, 0.4) is 0 Å². The van der Waals surface area contributed by atoms with Gasteiger partial charge in [-0.25, -0.2) is 14.5 Å². The van der Waals surface area contributed by atoms with Gasteiger partial charge in [-0.1, -0.05) is 29.8 Å². The minimum atomic E-state index is -0.0158. The molecule has 0 unspecified atom stereocenters. The van der Waals surface area contributed by atoms with Crippen molar-refractivity contribution < 1.29 is 4.79 Å². The van der Waals surface area contributed by atoms with Gasteiger partial charge in [-0.2, -0.15) is 0 Å². The van der Waals surface area contributed by atoms with E-state index in [9.17, 15) is 4.79 Å². The first-order valence-corrected chi connectivity index (χ1v) is 8.32. The number of pyridine rings is 1. The SMILES string of the molecule is CCCNC(=O)N1CC=C(c2cn(-c3cccnc3Cl)nn2)CC1. The molecule has 0 saturated heterocycles. The Morgan fingerprint density at radius 1 is 1.46 bits per heavy atom. The van der Waals surface area contributed by atoms with Gasteiger partial charge in [-0.3, -0.25) is 0 Å². The highest BCUT2D eigenvalue weighted by atomic mass is 35.5. The maximum atomic E-state index is 12.0. The summed E-state index contributed by atoms with van der Waals surface area (Å²) in [5, 5.41) is 11.6. The molecular formula is C16H19ClN6O. The second kappa shape index (κ2) is 7.44. The molecule has 126 valence electrons. The van der Waals surface area contributed by atoms with E-state index in [4.69, 9.17) is 11.6 Å². The van der Waals surface area contributed by atoms with Gasteiger partial charge in [0.1, 0.15) is 11.4 Å². The number of carbonyl (C=O) groups excluding carboxylic acids is 1.